The van der Waals surface area contributed by atoms with E-state index in [1.807, 2.05) is 0 Å². The van der Waals surface area contributed by atoms with Gasteiger partial charge in [0.15, 0.2) is 17.3 Å². The number of rotatable bonds is 10. The Morgan fingerprint density at radius 2 is 1.23 bits per heavy atom. The van der Waals surface area contributed by atoms with E-state index in [-0.39, 0.29) is 17.1 Å². The molecule has 35 heavy (non-hydrogen) atoms. The number of benzene rings is 3. The van der Waals surface area contributed by atoms with Crippen LogP contribution in [0.1, 0.15) is 26.3 Å². The van der Waals surface area contributed by atoms with Crippen molar-refractivity contribution in [2.75, 3.05) is 35.5 Å². The van der Waals surface area contributed by atoms with Crippen LogP contribution in [0.4, 0.5) is 0 Å². The van der Waals surface area contributed by atoms with Crippen molar-refractivity contribution in [3.63, 3.8) is 0 Å². The Bertz CT molecular complexity index is 1200. The molecule has 0 saturated heterocycles. The van der Waals surface area contributed by atoms with E-state index in [0.29, 0.717) is 34.3 Å². The van der Waals surface area contributed by atoms with Crippen LogP contribution >= 0.6 is 0 Å². The van der Waals surface area contributed by atoms with E-state index in [0.717, 1.165) is 5.56 Å². The molecule has 0 heterocycles. The molecule has 0 unspecified atom stereocenters. The van der Waals surface area contributed by atoms with Crippen molar-refractivity contribution in [3.8, 4) is 34.5 Å². The first-order valence-electron chi connectivity index (χ1n) is 10.5. The third-order valence-electron chi connectivity index (χ3n) is 5.10. The SMILES string of the molecule is COc1ccc(C=CC(=O)c2ccc(OC(=O)c3cc(OC)c(OC)c(OC)c3)cc2)c(OC)c1. The summed E-state index contributed by atoms with van der Waals surface area (Å²) in [5.74, 6) is 1.72. The smallest absolute Gasteiger partial charge is 0.343 e. The molecule has 0 N–H and O–H groups in total. The van der Waals surface area contributed by atoms with Gasteiger partial charge >= 0.3 is 5.97 Å². The van der Waals surface area contributed by atoms with Gasteiger partial charge in [-0.1, -0.05) is 0 Å². The summed E-state index contributed by atoms with van der Waals surface area (Å²) in [5.41, 5.74) is 1.38. The van der Waals surface area contributed by atoms with E-state index < -0.39 is 5.97 Å². The second kappa shape index (κ2) is 11.6. The largest absolute Gasteiger partial charge is 0.497 e. The number of carbonyl (C=O) groups is 2. The summed E-state index contributed by atoms with van der Waals surface area (Å²) in [7, 11) is 7.51. The number of methoxy groups -OCH3 is 5. The lowest BCUT2D eigenvalue weighted by atomic mass is 10.1. The highest BCUT2D eigenvalue weighted by atomic mass is 16.5. The molecule has 0 aliphatic heterocycles. The van der Waals surface area contributed by atoms with Crippen LogP contribution in [0.25, 0.3) is 6.08 Å². The second-order valence-corrected chi connectivity index (χ2v) is 7.13. The molecule has 8 nitrogen and oxygen atoms in total. The molecule has 0 saturated carbocycles. The predicted octanol–water partition coefficient (Wildman–Crippen LogP) is 4.84. The van der Waals surface area contributed by atoms with Crippen LogP contribution in [0.2, 0.25) is 0 Å². The zero-order chi connectivity index (χ0) is 25.4. The molecule has 0 radical (unpaired) electrons. The van der Waals surface area contributed by atoms with Gasteiger partial charge in [0.25, 0.3) is 0 Å². The first kappa shape index (κ1) is 25.2. The zero-order valence-corrected chi connectivity index (χ0v) is 20.1. The van der Waals surface area contributed by atoms with Gasteiger partial charge in [-0.05, 0) is 60.7 Å². The summed E-state index contributed by atoms with van der Waals surface area (Å²) >= 11 is 0. The van der Waals surface area contributed by atoms with Gasteiger partial charge in [-0.25, -0.2) is 4.79 Å². The van der Waals surface area contributed by atoms with Gasteiger partial charge in [-0.15, -0.1) is 0 Å². The zero-order valence-electron chi connectivity index (χ0n) is 20.1. The van der Waals surface area contributed by atoms with E-state index in [9.17, 15) is 9.59 Å². The van der Waals surface area contributed by atoms with E-state index in [1.54, 1.807) is 62.8 Å². The molecule has 8 heteroatoms. The first-order chi connectivity index (χ1) is 16.9. The highest BCUT2D eigenvalue weighted by Gasteiger charge is 2.18. The Balaban J connectivity index is 1.72. The molecular formula is C27H26O8. The fourth-order valence-electron chi connectivity index (χ4n) is 3.27. The minimum atomic E-state index is -0.616. The third kappa shape index (κ3) is 5.92. The van der Waals surface area contributed by atoms with Crippen molar-refractivity contribution in [3.05, 3.63) is 77.4 Å². The maximum Gasteiger partial charge on any atom is 0.343 e. The number of hydrogen-bond acceptors (Lipinski definition) is 8. The van der Waals surface area contributed by atoms with Gasteiger partial charge in [0.2, 0.25) is 5.75 Å². The molecule has 0 aromatic heterocycles. The molecule has 3 aromatic rings. The summed E-state index contributed by atoms with van der Waals surface area (Å²) in [6.45, 7) is 0. The summed E-state index contributed by atoms with van der Waals surface area (Å²) in [6, 6.07) is 14.6. The number of ether oxygens (including phenoxy) is 6. The van der Waals surface area contributed by atoms with Crippen LogP contribution in [-0.4, -0.2) is 47.3 Å². The van der Waals surface area contributed by atoms with Crippen LogP contribution < -0.4 is 28.4 Å². The molecule has 0 aliphatic rings. The molecule has 0 aliphatic carbocycles. The number of esters is 1. The Kier molecular flexibility index (Phi) is 8.34. The lowest BCUT2D eigenvalue weighted by molar-refractivity contribution is 0.0733. The van der Waals surface area contributed by atoms with Crippen molar-refractivity contribution >= 4 is 17.8 Å². The lowest BCUT2D eigenvalue weighted by Gasteiger charge is -2.13. The van der Waals surface area contributed by atoms with Crippen LogP contribution in [0.15, 0.2) is 60.7 Å². The predicted molar refractivity (Wildman–Crippen MR) is 130 cm³/mol. The van der Waals surface area contributed by atoms with E-state index >= 15 is 0 Å². The Labute approximate surface area is 203 Å². The Morgan fingerprint density at radius 3 is 1.77 bits per heavy atom. The Hall–Kier alpha value is -4.46. The van der Waals surface area contributed by atoms with Crippen molar-refractivity contribution in [2.24, 2.45) is 0 Å². The average molecular weight is 478 g/mol. The van der Waals surface area contributed by atoms with Gasteiger partial charge in [0.05, 0.1) is 41.1 Å². The van der Waals surface area contributed by atoms with Crippen LogP contribution in [0.5, 0.6) is 34.5 Å². The number of allylic oxidation sites excluding steroid dienone is 1. The van der Waals surface area contributed by atoms with Crippen LogP contribution in [-0.2, 0) is 0 Å². The van der Waals surface area contributed by atoms with Crippen molar-refractivity contribution in [2.45, 2.75) is 0 Å². The van der Waals surface area contributed by atoms with Crippen molar-refractivity contribution < 1.29 is 38.0 Å². The number of hydrogen-bond donors (Lipinski definition) is 0. The molecule has 3 rings (SSSR count). The molecule has 0 fully saturated rings. The molecule has 0 atom stereocenters. The normalized spacial score (nSPS) is 10.5. The van der Waals surface area contributed by atoms with Crippen LogP contribution in [0.3, 0.4) is 0 Å². The summed E-state index contributed by atoms with van der Waals surface area (Å²) in [4.78, 5) is 25.3. The summed E-state index contributed by atoms with van der Waals surface area (Å²) < 4.78 is 31.8. The van der Waals surface area contributed by atoms with E-state index in [2.05, 4.69) is 0 Å². The minimum Gasteiger partial charge on any atom is -0.497 e. The van der Waals surface area contributed by atoms with Gasteiger partial charge in [0, 0.05) is 17.2 Å². The van der Waals surface area contributed by atoms with Gasteiger partial charge < -0.3 is 28.4 Å². The second-order valence-electron chi connectivity index (χ2n) is 7.13. The standard InChI is InChI=1S/C27H26O8/c1-30-21-12-8-18(23(16-21)31-2)9-13-22(28)17-6-10-20(11-7-17)35-27(29)19-14-24(32-3)26(34-5)25(15-19)33-4/h6-16H,1-5H3. The third-order valence-corrected chi connectivity index (χ3v) is 5.10. The van der Waals surface area contributed by atoms with Gasteiger partial charge in [0.1, 0.15) is 17.2 Å². The highest BCUT2D eigenvalue weighted by molar-refractivity contribution is 6.07. The van der Waals surface area contributed by atoms with Crippen LogP contribution in [0, 0.1) is 0 Å². The van der Waals surface area contributed by atoms with E-state index in [4.69, 9.17) is 28.4 Å². The lowest BCUT2D eigenvalue weighted by Crippen LogP contribution is -2.10. The molecular weight excluding hydrogens is 452 g/mol. The minimum absolute atomic E-state index is 0.217. The van der Waals surface area contributed by atoms with Crippen molar-refractivity contribution in [1.29, 1.82) is 0 Å². The Morgan fingerprint density at radius 1 is 0.629 bits per heavy atom. The summed E-state index contributed by atoms with van der Waals surface area (Å²) in [5, 5.41) is 0. The molecule has 0 bridgehead atoms. The monoisotopic (exact) mass is 478 g/mol. The van der Waals surface area contributed by atoms with E-state index in [1.165, 1.54) is 39.5 Å². The maximum atomic E-state index is 12.7. The van der Waals surface area contributed by atoms with Gasteiger partial charge in [-0.2, -0.15) is 0 Å². The number of ketones is 1. The first-order valence-corrected chi connectivity index (χ1v) is 10.5. The average Bonchev–Trinajstić information content (AvgIpc) is 2.90. The maximum absolute atomic E-state index is 12.7. The summed E-state index contributed by atoms with van der Waals surface area (Å²) in [6.07, 6.45) is 3.11. The molecule has 3 aromatic carbocycles. The number of carbonyl (C=O) groups excluding carboxylic acids is 2. The molecule has 182 valence electrons. The van der Waals surface area contributed by atoms with Crippen molar-refractivity contribution in [1.82, 2.24) is 0 Å². The quantitative estimate of drug-likeness (QED) is 0.177. The topological polar surface area (TPSA) is 89.5 Å². The molecule has 0 amide bonds. The molecule has 0 spiro atoms. The van der Waals surface area contributed by atoms with Gasteiger partial charge in [-0.3, -0.25) is 4.79 Å². The fourth-order valence-corrected chi connectivity index (χ4v) is 3.27. The highest BCUT2D eigenvalue weighted by Crippen LogP contribution is 2.38. The fraction of sp³-hybridized carbons (Fsp3) is 0.185.